The highest BCUT2D eigenvalue weighted by molar-refractivity contribution is 5.73. The molecule has 2 aromatic rings. The van der Waals surface area contributed by atoms with Crippen LogP contribution in [-0.2, 0) is 36.8 Å². The molecular formula is C27H35NO5. The van der Waals surface area contributed by atoms with E-state index in [-0.39, 0.29) is 23.6 Å². The molecule has 33 heavy (non-hydrogen) atoms. The third kappa shape index (κ3) is 6.64. The van der Waals surface area contributed by atoms with Gasteiger partial charge in [-0.15, -0.1) is 0 Å². The standard InChI is InChI=1S/C27H35NO5/c1-30-26(29)24-19-28(14-12-25(24)32-20-23-10-6-3-7-11-23)15-13-27(21-31-16-17-33-27)18-22-8-4-2-5-9-22/h2-11,24-25H,12-21H2,1H3. The van der Waals surface area contributed by atoms with Crippen molar-refractivity contribution in [2.75, 3.05) is 46.6 Å². The highest BCUT2D eigenvalue weighted by Gasteiger charge is 2.39. The van der Waals surface area contributed by atoms with E-state index in [4.69, 9.17) is 18.9 Å². The van der Waals surface area contributed by atoms with Crippen LogP contribution in [0.5, 0.6) is 0 Å². The number of methoxy groups -OCH3 is 1. The molecule has 4 rings (SSSR count). The smallest absolute Gasteiger partial charge is 0.312 e. The number of carbonyl (C=O) groups excluding carboxylic acids is 1. The minimum absolute atomic E-state index is 0.138. The van der Waals surface area contributed by atoms with Gasteiger partial charge in [-0.05, 0) is 24.0 Å². The molecule has 2 aliphatic heterocycles. The van der Waals surface area contributed by atoms with Gasteiger partial charge >= 0.3 is 5.97 Å². The number of esters is 1. The largest absolute Gasteiger partial charge is 0.469 e. The Morgan fingerprint density at radius 3 is 2.45 bits per heavy atom. The van der Waals surface area contributed by atoms with E-state index < -0.39 is 0 Å². The normalized spacial score (nSPS) is 26.1. The summed E-state index contributed by atoms with van der Waals surface area (Å²) in [4.78, 5) is 14.9. The van der Waals surface area contributed by atoms with Crippen LogP contribution in [0.3, 0.4) is 0 Å². The van der Waals surface area contributed by atoms with E-state index in [0.29, 0.717) is 33.0 Å². The Bertz CT molecular complexity index is 853. The molecule has 2 fully saturated rings. The Balaban J connectivity index is 1.36. The van der Waals surface area contributed by atoms with E-state index in [2.05, 4.69) is 29.2 Å². The van der Waals surface area contributed by atoms with Crippen LogP contribution in [0, 0.1) is 5.92 Å². The number of rotatable bonds is 9. The zero-order valence-corrected chi connectivity index (χ0v) is 19.5. The number of benzene rings is 2. The second-order valence-electron chi connectivity index (χ2n) is 9.05. The summed E-state index contributed by atoms with van der Waals surface area (Å²) >= 11 is 0. The fourth-order valence-electron chi connectivity index (χ4n) is 4.84. The van der Waals surface area contributed by atoms with Gasteiger partial charge in [0.2, 0.25) is 0 Å². The molecule has 0 aliphatic carbocycles. The van der Waals surface area contributed by atoms with Crippen molar-refractivity contribution in [2.45, 2.75) is 37.6 Å². The molecule has 0 N–H and O–H groups in total. The lowest BCUT2D eigenvalue weighted by Gasteiger charge is -2.41. The fraction of sp³-hybridized carbons (Fsp3) is 0.519. The van der Waals surface area contributed by atoms with Gasteiger partial charge in [0.1, 0.15) is 0 Å². The maximum absolute atomic E-state index is 12.6. The maximum atomic E-state index is 12.6. The summed E-state index contributed by atoms with van der Waals surface area (Å²) in [6, 6.07) is 20.5. The zero-order chi connectivity index (χ0) is 22.9. The van der Waals surface area contributed by atoms with E-state index in [0.717, 1.165) is 37.9 Å². The number of likely N-dealkylation sites (tertiary alicyclic amines) is 1. The number of nitrogens with zero attached hydrogens (tertiary/aromatic N) is 1. The van der Waals surface area contributed by atoms with Crippen LogP contribution in [0.1, 0.15) is 24.0 Å². The summed E-state index contributed by atoms with van der Waals surface area (Å²) in [6.45, 7) is 4.72. The van der Waals surface area contributed by atoms with Crippen molar-refractivity contribution in [3.8, 4) is 0 Å². The summed E-state index contributed by atoms with van der Waals surface area (Å²) in [6.07, 6.45) is 2.34. The first-order valence-electron chi connectivity index (χ1n) is 11.9. The molecule has 0 aromatic heterocycles. The molecule has 0 saturated carbocycles. The molecule has 0 spiro atoms. The maximum Gasteiger partial charge on any atom is 0.312 e. The third-order valence-corrected chi connectivity index (χ3v) is 6.70. The highest BCUT2D eigenvalue weighted by Crippen LogP contribution is 2.28. The topological polar surface area (TPSA) is 57.2 Å². The predicted molar refractivity (Wildman–Crippen MR) is 126 cm³/mol. The van der Waals surface area contributed by atoms with Crippen LogP contribution in [0.4, 0.5) is 0 Å². The quantitative estimate of drug-likeness (QED) is 0.542. The first kappa shape index (κ1) is 23.9. The van der Waals surface area contributed by atoms with Gasteiger partial charge in [-0.3, -0.25) is 4.79 Å². The Hall–Kier alpha value is -2.25. The van der Waals surface area contributed by atoms with Crippen molar-refractivity contribution < 1.29 is 23.7 Å². The first-order valence-corrected chi connectivity index (χ1v) is 11.9. The molecule has 2 saturated heterocycles. The Labute approximate surface area is 196 Å². The van der Waals surface area contributed by atoms with Crippen LogP contribution in [0.15, 0.2) is 60.7 Å². The van der Waals surface area contributed by atoms with E-state index in [1.807, 2.05) is 36.4 Å². The monoisotopic (exact) mass is 453 g/mol. The number of ether oxygens (including phenoxy) is 4. The van der Waals surface area contributed by atoms with Crippen molar-refractivity contribution in [2.24, 2.45) is 5.92 Å². The molecule has 2 aliphatic rings. The molecular weight excluding hydrogens is 418 g/mol. The SMILES string of the molecule is COC(=O)C1CN(CCC2(Cc3ccccc3)COCCO2)CCC1OCc1ccccc1. The van der Waals surface area contributed by atoms with Crippen molar-refractivity contribution in [1.82, 2.24) is 4.90 Å². The first-order chi connectivity index (χ1) is 16.2. The molecule has 178 valence electrons. The lowest BCUT2D eigenvalue weighted by atomic mass is 9.89. The zero-order valence-electron chi connectivity index (χ0n) is 19.5. The average Bonchev–Trinajstić information content (AvgIpc) is 2.88. The van der Waals surface area contributed by atoms with E-state index in [1.54, 1.807) is 0 Å². The van der Waals surface area contributed by atoms with Gasteiger partial charge in [0.25, 0.3) is 0 Å². The van der Waals surface area contributed by atoms with Crippen molar-refractivity contribution in [1.29, 1.82) is 0 Å². The van der Waals surface area contributed by atoms with Crippen molar-refractivity contribution in [3.05, 3.63) is 71.8 Å². The van der Waals surface area contributed by atoms with Crippen LogP contribution in [-0.4, -0.2) is 69.1 Å². The summed E-state index contributed by atoms with van der Waals surface area (Å²) in [5.74, 6) is -0.491. The average molecular weight is 454 g/mol. The number of piperidine rings is 1. The third-order valence-electron chi connectivity index (χ3n) is 6.70. The summed E-state index contributed by atoms with van der Waals surface area (Å²) in [5, 5.41) is 0. The number of hydrogen-bond acceptors (Lipinski definition) is 6. The van der Waals surface area contributed by atoms with Crippen LogP contribution in [0.2, 0.25) is 0 Å². The molecule has 0 radical (unpaired) electrons. The predicted octanol–water partition coefficient (Wildman–Crippen LogP) is 3.49. The molecule has 0 amide bonds. The second-order valence-corrected chi connectivity index (χ2v) is 9.05. The van der Waals surface area contributed by atoms with Gasteiger partial charge in [0.05, 0.1) is 51.2 Å². The van der Waals surface area contributed by atoms with Gasteiger partial charge in [-0.1, -0.05) is 60.7 Å². The molecule has 0 bridgehead atoms. The summed E-state index contributed by atoms with van der Waals surface area (Å²) in [5.41, 5.74) is 2.03. The van der Waals surface area contributed by atoms with Crippen LogP contribution in [0.25, 0.3) is 0 Å². The van der Waals surface area contributed by atoms with E-state index in [1.165, 1.54) is 12.7 Å². The Morgan fingerprint density at radius 1 is 1.06 bits per heavy atom. The summed E-state index contributed by atoms with van der Waals surface area (Å²) < 4.78 is 23.4. The molecule has 2 heterocycles. The lowest BCUT2D eigenvalue weighted by Crippen LogP contribution is -2.51. The molecule has 3 atom stereocenters. The second kappa shape index (κ2) is 11.7. The Morgan fingerprint density at radius 2 is 1.79 bits per heavy atom. The minimum atomic E-state index is -0.332. The fourth-order valence-corrected chi connectivity index (χ4v) is 4.84. The number of carbonyl (C=O) groups is 1. The van der Waals surface area contributed by atoms with Gasteiger partial charge < -0.3 is 23.8 Å². The Kier molecular flexibility index (Phi) is 8.51. The molecule has 6 nitrogen and oxygen atoms in total. The van der Waals surface area contributed by atoms with Crippen LogP contribution < -0.4 is 0 Å². The highest BCUT2D eigenvalue weighted by atomic mass is 16.6. The minimum Gasteiger partial charge on any atom is -0.469 e. The van der Waals surface area contributed by atoms with E-state index in [9.17, 15) is 4.79 Å². The summed E-state index contributed by atoms with van der Waals surface area (Å²) in [7, 11) is 1.46. The van der Waals surface area contributed by atoms with Crippen LogP contribution >= 0.6 is 0 Å². The number of hydrogen-bond donors (Lipinski definition) is 0. The van der Waals surface area contributed by atoms with Crippen molar-refractivity contribution >= 4 is 5.97 Å². The van der Waals surface area contributed by atoms with Gasteiger partial charge in [0.15, 0.2) is 0 Å². The molecule has 6 heteroatoms. The van der Waals surface area contributed by atoms with Gasteiger partial charge in [0, 0.05) is 26.1 Å². The lowest BCUT2D eigenvalue weighted by molar-refractivity contribution is -0.165. The van der Waals surface area contributed by atoms with E-state index >= 15 is 0 Å². The molecule has 2 aromatic carbocycles. The molecule has 3 unspecified atom stereocenters. The van der Waals surface area contributed by atoms with Gasteiger partial charge in [-0.25, -0.2) is 0 Å². The van der Waals surface area contributed by atoms with Gasteiger partial charge in [-0.2, -0.15) is 0 Å². The van der Waals surface area contributed by atoms with Crippen molar-refractivity contribution in [3.63, 3.8) is 0 Å².